The van der Waals surface area contributed by atoms with Crippen LogP contribution in [0.5, 0.6) is 0 Å². The van der Waals surface area contributed by atoms with E-state index in [1.807, 2.05) is 0 Å². The second-order valence-corrected chi connectivity index (χ2v) is 8.58. The lowest BCUT2D eigenvalue weighted by Crippen LogP contribution is -2.15. The molecule has 0 unspecified atom stereocenters. The van der Waals surface area contributed by atoms with Crippen LogP contribution in [0.25, 0.3) is 0 Å². The van der Waals surface area contributed by atoms with Crippen molar-refractivity contribution in [2.75, 3.05) is 10.0 Å². The van der Waals surface area contributed by atoms with Gasteiger partial charge in [-0.1, -0.05) is 45.7 Å². The molecule has 0 saturated carbocycles. The van der Waals surface area contributed by atoms with Crippen LogP contribution in [0.1, 0.15) is 10.4 Å². The Hall–Kier alpha value is -2.35. The molecule has 3 rings (SSSR count). The Morgan fingerprint density at radius 3 is 2.19 bits per heavy atom. The first kappa shape index (κ1) is 19.4. The van der Waals surface area contributed by atoms with Gasteiger partial charge in [0, 0.05) is 15.8 Å². The molecule has 0 aliphatic carbocycles. The minimum Gasteiger partial charge on any atom is -0.322 e. The van der Waals surface area contributed by atoms with Crippen molar-refractivity contribution in [2.45, 2.75) is 4.90 Å². The summed E-state index contributed by atoms with van der Waals surface area (Å²) in [6.45, 7) is 0. The first-order valence-corrected chi connectivity index (χ1v) is 10.4. The monoisotopic (exact) mass is 464 g/mol. The molecule has 0 fully saturated rings. The van der Waals surface area contributed by atoms with Gasteiger partial charge in [-0.15, -0.1) is 0 Å². The summed E-state index contributed by atoms with van der Waals surface area (Å²) in [6, 6.07) is 19.4. The van der Waals surface area contributed by atoms with E-state index in [0.29, 0.717) is 5.69 Å². The number of hydrogen-bond acceptors (Lipinski definition) is 3. The fourth-order valence-corrected chi connectivity index (χ4v) is 3.85. The van der Waals surface area contributed by atoms with Gasteiger partial charge in [-0.05, 0) is 54.6 Å². The van der Waals surface area contributed by atoms with E-state index in [4.69, 9.17) is 11.6 Å². The molecule has 0 radical (unpaired) electrons. The van der Waals surface area contributed by atoms with Crippen molar-refractivity contribution in [3.8, 4) is 0 Å². The molecule has 0 spiro atoms. The molecule has 2 N–H and O–H groups in total. The molecule has 1 amide bonds. The van der Waals surface area contributed by atoms with Crippen molar-refractivity contribution >= 4 is 54.8 Å². The number of carbonyl (C=O) groups is 1. The standard InChI is InChI=1S/C19H14BrClN2O3S/c20-13-6-8-14(9-7-13)22-19(24)17-12-15(10-11-18(17)21)23-27(25,26)16-4-2-1-3-5-16/h1-12,23H,(H,22,24). The van der Waals surface area contributed by atoms with Crippen LogP contribution < -0.4 is 10.0 Å². The molecule has 3 aromatic rings. The first-order chi connectivity index (χ1) is 12.8. The lowest BCUT2D eigenvalue weighted by molar-refractivity contribution is 0.102. The van der Waals surface area contributed by atoms with Crippen molar-refractivity contribution in [2.24, 2.45) is 0 Å². The van der Waals surface area contributed by atoms with Crippen molar-refractivity contribution < 1.29 is 13.2 Å². The average Bonchev–Trinajstić information content (AvgIpc) is 2.65. The zero-order valence-corrected chi connectivity index (χ0v) is 17.0. The topological polar surface area (TPSA) is 75.3 Å². The highest BCUT2D eigenvalue weighted by Gasteiger charge is 2.16. The number of benzene rings is 3. The number of sulfonamides is 1. The Kier molecular flexibility index (Phi) is 5.84. The van der Waals surface area contributed by atoms with E-state index in [0.717, 1.165) is 4.47 Å². The Balaban J connectivity index is 1.84. The van der Waals surface area contributed by atoms with Crippen LogP contribution in [-0.2, 0) is 10.0 Å². The van der Waals surface area contributed by atoms with Crippen molar-refractivity contribution in [1.82, 2.24) is 0 Å². The predicted octanol–water partition coefficient (Wildman–Crippen LogP) is 5.16. The highest BCUT2D eigenvalue weighted by atomic mass is 79.9. The summed E-state index contributed by atoms with van der Waals surface area (Å²) >= 11 is 9.45. The summed E-state index contributed by atoms with van der Waals surface area (Å²) in [5, 5.41) is 2.94. The minimum absolute atomic E-state index is 0.126. The number of anilines is 2. The van der Waals surface area contributed by atoms with E-state index in [1.165, 1.54) is 30.3 Å². The predicted molar refractivity (Wildman–Crippen MR) is 111 cm³/mol. The van der Waals surface area contributed by atoms with Gasteiger partial charge in [-0.2, -0.15) is 0 Å². The lowest BCUT2D eigenvalue weighted by Gasteiger charge is -2.11. The molecule has 0 heterocycles. The summed E-state index contributed by atoms with van der Waals surface area (Å²) in [4.78, 5) is 12.6. The molecule has 0 aromatic heterocycles. The molecule has 0 aliphatic heterocycles. The van der Waals surface area contributed by atoms with Crippen LogP contribution in [0.4, 0.5) is 11.4 Å². The minimum atomic E-state index is -3.76. The highest BCUT2D eigenvalue weighted by molar-refractivity contribution is 9.10. The molecule has 0 saturated heterocycles. The van der Waals surface area contributed by atoms with Crippen LogP contribution in [0.2, 0.25) is 5.02 Å². The molecule has 5 nitrogen and oxygen atoms in total. The smallest absolute Gasteiger partial charge is 0.261 e. The van der Waals surface area contributed by atoms with Crippen LogP contribution >= 0.6 is 27.5 Å². The molecule has 138 valence electrons. The number of amides is 1. The normalized spacial score (nSPS) is 11.0. The zero-order valence-electron chi connectivity index (χ0n) is 13.8. The molecule has 8 heteroatoms. The van der Waals surface area contributed by atoms with Crippen molar-refractivity contribution in [3.05, 3.63) is 87.9 Å². The molecule has 0 aliphatic rings. The van der Waals surface area contributed by atoms with Gasteiger partial charge in [0.25, 0.3) is 15.9 Å². The maximum Gasteiger partial charge on any atom is 0.261 e. The number of carbonyl (C=O) groups excluding carboxylic acids is 1. The molecule has 0 atom stereocenters. The van der Waals surface area contributed by atoms with Crippen LogP contribution in [-0.4, -0.2) is 14.3 Å². The fraction of sp³-hybridized carbons (Fsp3) is 0. The van der Waals surface area contributed by atoms with E-state index in [1.54, 1.807) is 42.5 Å². The third-order valence-electron chi connectivity index (χ3n) is 3.62. The Morgan fingerprint density at radius 2 is 1.52 bits per heavy atom. The quantitative estimate of drug-likeness (QED) is 0.547. The molecule has 0 bridgehead atoms. The van der Waals surface area contributed by atoms with Gasteiger partial charge in [0.1, 0.15) is 0 Å². The average molecular weight is 466 g/mol. The summed E-state index contributed by atoms with van der Waals surface area (Å²) < 4.78 is 28.2. The van der Waals surface area contributed by atoms with E-state index in [9.17, 15) is 13.2 Å². The van der Waals surface area contributed by atoms with E-state index in [-0.39, 0.29) is 21.2 Å². The first-order valence-electron chi connectivity index (χ1n) is 7.79. The maximum absolute atomic E-state index is 12.5. The lowest BCUT2D eigenvalue weighted by atomic mass is 10.2. The number of hydrogen-bond donors (Lipinski definition) is 2. The summed E-state index contributed by atoms with van der Waals surface area (Å²) in [7, 11) is -3.76. The second-order valence-electron chi connectivity index (χ2n) is 5.57. The molecular formula is C19H14BrClN2O3S. The van der Waals surface area contributed by atoms with Crippen LogP contribution in [0.15, 0.2) is 82.2 Å². The van der Waals surface area contributed by atoms with Gasteiger partial charge in [0.15, 0.2) is 0 Å². The molecule has 3 aromatic carbocycles. The fourth-order valence-electron chi connectivity index (χ4n) is 2.31. The van der Waals surface area contributed by atoms with Crippen molar-refractivity contribution in [1.29, 1.82) is 0 Å². The SMILES string of the molecule is O=C(Nc1ccc(Br)cc1)c1cc(NS(=O)(=O)c2ccccc2)ccc1Cl. The number of nitrogens with one attached hydrogen (secondary N) is 2. The third kappa shape index (κ3) is 4.88. The molecule has 27 heavy (non-hydrogen) atoms. The van der Waals surface area contributed by atoms with Gasteiger partial charge in [-0.25, -0.2) is 8.42 Å². The van der Waals surface area contributed by atoms with Gasteiger partial charge in [0.05, 0.1) is 15.5 Å². The largest absolute Gasteiger partial charge is 0.322 e. The van der Waals surface area contributed by atoms with Gasteiger partial charge < -0.3 is 5.32 Å². The molecular weight excluding hydrogens is 452 g/mol. The third-order valence-corrected chi connectivity index (χ3v) is 5.87. The van der Waals surface area contributed by atoms with E-state index in [2.05, 4.69) is 26.0 Å². The summed E-state index contributed by atoms with van der Waals surface area (Å²) in [5.74, 6) is -0.442. The van der Waals surface area contributed by atoms with Crippen molar-refractivity contribution in [3.63, 3.8) is 0 Å². The Bertz CT molecular complexity index is 1070. The van der Waals surface area contributed by atoms with Gasteiger partial charge in [-0.3, -0.25) is 9.52 Å². The zero-order chi connectivity index (χ0) is 19.4. The Labute approximate surface area is 170 Å². The summed E-state index contributed by atoms with van der Waals surface area (Å²) in [5.41, 5.74) is 0.992. The maximum atomic E-state index is 12.5. The van der Waals surface area contributed by atoms with Crippen LogP contribution in [0, 0.1) is 0 Å². The highest BCUT2D eigenvalue weighted by Crippen LogP contribution is 2.24. The number of halogens is 2. The van der Waals surface area contributed by atoms with Crippen LogP contribution in [0.3, 0.4) is 0 Å². The number of rotatable bonds is 5. The van der Waals surface area contributed by atoms with Gasteiger partial charge in [0.2, 0.25) is 0 Å². The Morgan fingerprint density at radius 1 is 0.889 bits per heavy atom. The summed E-state index contributed by atoms with van der Waals surface area (Å²) in [6.07, 6.45) is 0. The second kappa shape index (κ2) is 8.12. The van der Waals surface area contributed by atoms with E-state index < -0.39 is 15.9 Å². The van der Waals surface area contributed by atoms with Gasteiger partial charge >= 0.3 is 0 Å². The van der Waals surface area contributed by atoms with E-state index >= 15 is 0 Å².